The Morgan fingerprint density at radius 3 is 2.75 bits per heavy atom. The molecular formula is C18H18N2O4. The summed E-state index contributed by atoms with van der Waals surface area (Å²) in [5.74, 6) is -0.0807. The van der Waals surface area contributed by atoms with Crippen LogP contribution in [0.1, 0.15) is 33.3 Å². The van der Waals surface area contributed by atoms with Gasteiger partial charge in [-0.05, 0) is 24.6 Å². The van der Waals surface area contributed by atoms with E-state index in [9.17, 15) is 4.79 Å². The van der Waals surface area contributed by atoms with Crippen molar-refractivity contribution in [2.75, 3.05) is 0 Å². The molecule has 0 bridgehead atoms. The van der Waals surface area contributed by atoms with Crippen LogP contribution in [0.3, 0.4) is 0 Å². The van der Waals surface area contributed by atoms with Gasteiger partial charge < -0.3 is 13.9 Å². The van der Waals surface area contributed by atoms with Gasteiger partial charge in [0.2, 0.25) is 11.7 Å². The highest BCUT2D eigenvalue weighted by Crippen LogP contribution is 2.15. The summed E-state index contributed by atoms with van der Waals surface area (Å²) in [4.78, 5) is 17.1. The second kappa shape index (κ2) is 7.14. The Kier molecular flexibility index (Phi) is 4.77. The fourth-order valence-electron chi connectivity index (χ4n) is 2.53. The molecule has 2 aromatic heterocycles. The van der Waals surface area contributed by atoms with Crippen LogP contribution in [0.25, 0.3) is 0 Å². The number of hydrogen-bond acceptors (Lipinski definition) is 5. The second-order valence-electron chi connectivity index (χ2n) is 5.64. The average molecular weight is 326 g/mol. The van der Waals surface area contributed by atoms with Crippen LogP contribution in [0.15, 0.2) is 57.7 Å². The summed E-state index contributed by atoms with van der Waals surface area (Å²) in [6, 6.07) is 12.0. The fourth-order valence-corrected chi connectivity index (χ4v) is 2.53. The predicted molar refractivity (Wildman–Crippen MR) is 86.3 cm³/mol. The van der Waals surface area contributed by atoms with Crippen molar-refractivity contribution in [1.29, 1.82) is 0 Å². The highest BCUT2D eigenvalue weighted by molar-refractivity contribution is 5.83. The van der Waals surface area contributed by atoms with Crippen LogP contribution in [-0.2, 0) is 19.6 Å². The molecule has 0 amide bonds. The van der Waals surface area contributed by atoms with E-state index in [1.165, 1.54) is 11.8 Å². The standard InChI is InChI=1S/C18H18N2O4/c1-13-4-2-5-14(8-13)10-20(11-15-6-3-7-23-15)12-17-19-9-16(24-17)18(21)22/h2-9H,10-12H2,1H3,(H,21,22). The van der Waals surface area contributed by atoms with Crippen molar-refractivity contribution in [2.24, 2.45) is 0 Å². The van der Waals surface area contributed by atoms with Crippen molar-refractivity contribution in [1.82, 2.24) is 9.88 Å². The molecule has 24 heavy (non-hydrogen) atoms. The lowest BCUT2D eigenvalue weighted by atomic mass is 10.1. The summed E-state index contributed by atoms with van der Waals surface area (Å²) in [5, 5.41) is 8.94. The summed E-state index contributed by atoms with van der Waals surface area (Å²) in [6.07, 6.45) is 2.86. The molecule has 0 spiro atoms. The molecule has 2 heterocycles. The predicted octanol–water partition coefficient (Wildman–Crippen LogP) is 3.48. The molecule has 3 rings (SSSR count). The number of hydrogen-bond donors (Lipinski definition) is 1. The number of nitrogens with zero attached hydrogens (tertiary/aromatic N) is 2. The van der Waals surface area contributed by atoms with E-state index in [0.29, 0.717) is 25.5 Å². The third-order valence-electron chi connectivity index (χ3n) is 3.57. The van der Waals surface area contributed by atoms with Gasteiger partial charge in [0.25, 0.3) is 0 Å². The quantitative estimate of drug-likeness (QED) is 0.716. The molecule has 0 fully saturated rings. The normalized spacial score (nSPS) is 11.1. The first-order valence-electron chi connectivity index (χ1n) is 7.58. The lowest BCUT2D eigenvalue weighted by molar-refractivity contribution is 0.0657. The van der Waals surface area contributed by atoms with Gasteiger partial charge in [-0.25, -0.2) is 9.78 Å². The Labute approximate surface area is 139 Å². The van der Waals surface area contributed by atoms with Crippen LogP contribution in [0.2, 0.25) is 0 Å². The van der Waals surface area contributed by atoms with Crippen molar-refractivity contribution < 1.29 is 18.7 Å². The number of aryl methyl sites for hydroxylation is 1. The number of aromatic nitrogens is 1. The average Bonchev–Trinajstić information content (AvgIpc) is 3.19. The largest absolute Gasteiger partial charge is 0.475 e. The fraction of sp³-hybridized carbons (Fsp3) is 0.222. The van der Waals surface area contributed by atoms with Crippen molar-refractivity contribution in [3.8, 4) is 0 Å². The van der Waals surface area contributed by atoms with E-state index in [0.717, 1.165) is 11.3 Å². The monoisotopic (exact) mass is 326 g/mol. The molecule has 6 heteroatoms. The molecule has 0 unspecified atom stereocenters. The molecule has 0 saturated carbocycles. The minimum Gasteiger partial charge on any atom is -0.475 e. The molecule has 0 aliphatic rings. The van der Waals surface area contributed by atoms with Gasteiger partial charge in [0.1, 0.15) is 5.76 Å². The number of oxazole rings is 1. The minimum atomic E-state index is -1.12. The zero-order valence-electron chi connectivity index (χ0n) is 13.3. The number of benzene rings is 1. The molecule has 0 saturated heterocycles. The maximum absolute atomic E-state index is 10.9. The number of furan rings is 1. The van der Waals surface area contributed by atoms with Crippen LogP contribution in [0.4, 0.5) is 0 Å². The van der Waals surface area contributed by atoms with E-state index in [-0.39, 0.29) is 5.76 Å². The molecule has 1 aromatic carbocycles. The van der Waals surface area contributed by atoms with E-state index in [2.05, 4.69) is 22.0 Å². The van der Waals surface area contributed by atoms with Gasteiger partial charge in [-0.3, -0.25) is 4.90 Å². The summed E-state index contributed by atoms with van der Waals surface area (Å²) < 4.78 is 10.7. The maximum Gasteiger partial charge on any atom is 0.373 e. The van der Waals surface area contributed by atoms with Crippen LogP contribution in [0, 0.1) is 6.92 Å². The molecule has 3 aromatic rings. The van der Waals surface area contributed by atoms with Gasteiger partial charge in [-0.15, -0.1) is 0 Å². The molecule has 124 valence electrons. The van der Waals surface area contributed by atoms with E-state index in [4.69, 9.17) is 13.9 Å². The number of rotatable bonds is 7. The molecular weight excluding hydrogens is 308 g/mol. The van der Waals surface area contributed by atoms with Gasteiger partial charge in [0.05, 0.1) is 25.5 Å². The highest BCUT2D eigenvalue weighted by Gasteiger charge is 2.15. The van der Waals surface area contributed by atoms with E-state index >= 15 is 0 Å². The number of carboxylic acids is 1. The zero-order valence-corrected chi connectivity index (χ0v) is 13.3. The van der Waals surface area contributed by atoms with Crippen LogP contribution in [0.5, 0.6) is 0 Å². The van der Waals surface area contributed by atoms with Gasteiger partial charge in [0, 0.05) is 6.54 Å². The Bertz CT molecular complexity index is 808. The first-order chi connectivity index (χ1) is 11.6. The summed E-state index contributed by atoms with van der Waals surface area (Å²) in [7, 11) is 0. The third-order valence-corrected chi connectivity index (χ3v) is 3.57. The maximum atomic E-state index is 10.9. The van der Waals surface area contributed by atoms with E-state index in [1.807, 2.05) is 31.2 Å². The third kappa shape index (κ3) is 4.11. The van der Waals surface area contributed by atoms with Crippen molar-refractivity contribution >= 4 is 5.97 Å². The van der Waals surface area contributed by atoms with Crippen LogP contribution in [-0.4, -0.2) is 21.0 Å². The molecule has 0 radical (unpaired) electrons. The Morgan fingerprint density at radius 2 is 2.08 bits per heavy atom. The summed E-state index contributed by atoms with van der Waals surface area (Å²) in [6.45, 7) is 3.69. The van der Waals surface area contributed by atoms with Crippen molar-refractivity contribution in [3.63, 3.8) is 0 Å². The Morgan fingerprint density at radius 1 is 1.21 bits per heavy atom. The first-order valence-corrected chi connectivity index (χ1v) is 7.58. The molecule has 0 atom stereocenters. The number of carbonyl (C=O) groups is 1. The molecule has 0 aliphatic heterocycles. The van der Waals surface area contributed by atoms with E-state index in [1.54, 1.807) is 6.26 Å². The highest BCUT2D eigenvalue weighted by atomic mass is 16.4. The summed E-state index contributed by atoms with van der Waals surface area (Å²) in [5.41, 5.74) is 2.35. The summed E-state index contributed by atoms with van der Waals surface area (Å²) >= 11 is 0. The van der Waals surface area contributed by atoms with Gasteiger partial charge in [-0.1, -0.05) is 29.8 Å². The minimum absolute atomic E-state index is 0.154. The lowest BCUT2D eigenvalue weighted by Gasteiger charge is -2.20. The number of aromatic carboxylic acids is 1. The second-order valence-corrected chi connectivity index (χ2v) is 5.64. The molecule has 6 nitrogen and oxygen atoms in total. The van der Waals surface area contributed by atoms with Crippen molar-refractivity contribution in [2.45, 2.75) is 26.6 Å². The SMILES string of the molecule is Cc1cccc(CN(Cc2ccco2)Cc2ncc(C(=O)O)o2)c1. The first kappa shape index (κ1) is 16.0. The van der Waals surface area contributed by atoms with Gasteiger partial charge in [-0.2, -0.15) is 0 Å². The topological polar surface area (TPSA) is 79.7 Å². The Hall–Kier alpha value is -2.86. The lowest BCUT2D eigenvalue weighted by Crippen LogP contribution is -2.22. The molecule has 1 N–H and O–H groups in total. The smallest absolute Gasteiger partial charge is 0.373 e. The van der Waals surface area contributed by atoms with Crippen LogP contribution < -0.4 is 0 Å². The Balaban J connectivity index is 1.76. The van der Waals surface area contributed by atoms with Crippen molar-refractivity contribution in [3.05, 3.63) is 77.4 Å². The van der Waals surface area contributed by atoms with Gasteiger partial charge in [0.15, 0.2) is 0 Å². The zero-order chi connectivity index (χ0) is 16.9. The van der Waals surface area contributed by atoms with E-state index < -0.39 is 5.97 Å². The molecule has 0 aliphatic carbocycles. The van der Waals surface area contributed by atoms with Crippen LogP contribution >= 0.6 is 0 Å². The van der Waals surface area contributed by atoms with Gasteiger partial charge >= 0.3 is 5.97 Å². The number of carboxylic acid groups (broad SMARTS) is 1.